The molecule has 0 bridgehead atoms. The molecule has 0 spiro atoms. The Morgan fingerprint density at radius 2 is 1.92 bits per heavy atom. The first-order chi connectivity index (χ1) is 11.9. The highest BCUT2D eigenvalue weighted by Gasteiger charge is 2.28. The number of sulfonamides is 1. The molecule has 3 rings (SSSR count). The van der Waals surface area contributed by atoms with E-state index >= 15 is 0 Å². The van der Waals surface area contributed by atoms with Gasteiger partial charge >= 0.3 is 0 Å². The van der Waals surface area contributed by atoms with Gasteiger partial charge in [-0.25, -0.2) is 8.42 Å². The van der Waals surface area contributed by atoms with E-state index in [0.717, 1.165) is 0 Å². The summed E-state index contributed by atoms with van der Waals surface area (Å²) in [7, 11) is -3.65. The van der Waals surface area contributed by atoms with Crippen LogP contribution in [0.5, 0.6) is 0 Å². The predicted octanol–water partition coefficient (Wildman–Crippen LogP) is 2.51. The molecule has 1 N–H and O–H groups in total. The van der Waals surface area contributed by atoms with Gasteiger partial charge in [0.1, 0.15) is 0 Å². The molecule has 0 aliphatic carbocycles. The molecule has 1 aliphatic heterocycles. The van der Waals surface area contributed by atoms with Crippen LogP contribution in [0.3, 0.4) is 0 Å². The van der Waals surface area contributed by atoms with Gasteiger partial charge in [0, 0.05) is 18.8 Å². The Morgan fingerprint density at radius 1 is 1.20 bits per heavy atom. The molecule has 1 aromatic carbocycles. The molecule has 134 valence electrons. The summed E-state index contributed by atoms with van der Waals surface area (Å²) in [6, 6.07) is 7.63. The van der Waals surface area contributed by atoms with Crippen LogP contribution in [0.25, 0.3) is 0 Å². The number of carbonyl (C=O) groups is 1. The van der Waals surface area contributed by atoms with Crippen LogP contribution in [0.2, 0.25) is 5.22 Å². The fourth-order valence-electron chi connectivity index (χ4n) is 2.51. The number of hydrogen-bond acceptors (Lipinski definition) is 5. The van der Waals surface area contributed by atoms with Crippen molar-refractivity contribution in [3.63, 3.8) is 0 Å². The molecule has 1 saturated heterocycles. The Bertz CT molecular complexity index is 888. The van der Waals surface area contributed by atoms with E-state index in [0.29, 0.717) is 37.6 Å². The smallest absolute Gasteiger partial charge is 0.291 e. The van der Waals surface area contributed by atoms with Gasteiger partial charge in [0.25, 0.3) is 5.91 Å². The Kier molecular flexibility index (Phi) is 5.14. The Balaban J connectivity index is 1.86. The largest absolute Gasteiger partial charge is 0.440 e. The van der Waals surface area contributed by atoms with Crippen molar-refractivity contribution in [2.75, 3.05) is 31.6 Å². The van der Waals surface area contributed by atoms with E-state index < -0.39 is 15.9 Å². The molecule has 2 heterocycles. The monoisotopic (exact) mass is 384 g/mol. The second-order valence-electron chi connectivity index (χ2n) is 5.55. The lowest BCUT2D eigenvalue weighted by atomic mass is 10.2. The van der Waals surface area contributed by atoms with Gasteiger partial charge < -0.3 is 14.5 Å². The van der Waals surface area contributed by atoms with Crippen molar-refractivity contribution in [2.45, 2.75) is 11.8 Å². The summed E-state index contributed by atoms with van der Waals surface area (Å²) in [5.41, 5.74) is 0.959. The number of morpholine rings is 1. The van der Waals surface area contributed by atoms with Crippen LogP contribution in [0, 0.1) is 6.92 Å². The van der Waals surface area contributed by atoms with Gasteiger partial charge in [0.05, 0.1) is 18.1 Å². The normalized spacial score (nSPS) is 15.9. The molecule has 0 atom stereocenters. The standard InChI is InChI=1S/C16H17ClN2O5S/c1-11-2-3-12(18-16(20)13-4-5-15(17)24-13)10-14(11)25(21,22)19-6-8-23-9-7-19/h2-5,10H,6-9H2,1H3,(H,18,20). The number of benzene rings is 1. The minimum atomic E-state index is -3.65. The average molecular weight is 385 g/mol. The molecule has 2 aromatic rings. The maximum atomic E-state index is 12.8. The molecule has 0 saturated carbocycles. The summed E-state index contributed by atoms with van der Waals surface area (Å²) in [6.45, 7) is 3.07. The number of nitrogens with zero attached hydrogens (tertiary/aromatic N) is 1. The van der Waals surface area contributed by atoms with Gasteiger partial charge in [0.15, 0.2) is 11.0 Å². The third-order valence-electron chi connectivity index (χ3n) is 3.83. The third kappa shape index (κ3) is 3.87. The Labute approximate surface area is 150 Å². The SMILES string of the molecule is Cc1ccc(NC(=O)c2ccc(Cl)o2)cc1S(=O)(=O)N1CCOCC1. The van der Waals surface area contributed by atoms with E-state index in [1.165, 1.54) is 22.5 Å². The summed E-state index contributed by atoms with van der Waals surface area (Å²) in [4.78, 5) is 12.3. The van der Waals surface area contributed by atoms with Crippen LogP contribution in [-0.4, -0.2) is 44.9 Å². The van der Waals surface area contributed by atoms with Crippen LogP contribution in [-0.2, 0) is 14.8 Å². The number of ether oxygens (including phenoxy) is 1. The molecular weight excluding hydrogens is 368 g/mol. The molecule has 9 heteroatoms. The fraction of sp³-hybridized carbons (Fsp3) is 0.312. The van der Waals surface area contributed by atoms with Crippen LogP contribution in [0.4, 0.5) is 5.69 Å². The van der Waals surface area contributed by atoms with Crippen LogP contribution in [0.1, 0.15) is 16.1 Å². The number of halogens is 1. The quantitative estimate of drug-likeness (QED) is 0.874. The number of furan rings is 1. The lowest BCUT2D eigenvalue weighted by molar-refractivity contribution is 0.0730. The molecule has 1 fully saturated rings. The molecule has 25 heavy (non-hydrogen) atoms. The number of rotatable bonds is 4. The number of anilines is 1. The summed E-state index contributed by atoms with van der Waals surface area (Å²) >= 11 is 5.66. The van der Waals surface area contributed by atoms with Crippen molar-refractivity contribution in [2.24, 2.45) is 0 Å². The number of carbonyl (C=O) groups excluding carboxylic acids is 1. The lowest BCUT2D eigenvalue weighted by Crippen LogP contribution is -2.40. The highest BCUT2D eigenvalue weighted by molar-refractivity contribution is 7.89. The summed E-state index contributed by atoms with van der Waals surface area (Å²) in [5, 5.41) is 2.72. The van der Waals surface area contributed by atoms with Gasteiger partial charge in [0.2, 0.25) is 10.0 Å². The maximum absolute atomic E-state index is 12.8. The summed E-state index contributed by atoms with van der Waals surface area (Å²) < 4.78 is 37.3. The van der Waals surface area contributed by atoms with Crippen molar-refractivity contribution in [1.29, 1.82) is 0 Å². The lowest BCUT2D eigenvalue weighted by Gasteiger charge is -2.26. The highest BCUT2D eigenvalue weighted by Crippen LogP contribution is 2.25. The van der Waals surface area contributed by atoms with Crippen molar-refractivity contribution in [3.8, 4) is 0 Å². The average Bonchev–Trinajstić information content (AvgIpc) is 3.04. The molecule has 0 unspecified atom stereocenters. The zero-order valence-corrected chi connectivity index (χ0v) is 15.1. The predicted molar refractivity (Wildman–Crippen MR) is 92.4 cm³/mol. The summed E-state index contributed by atoms with van der Waals surface area (Å²) in [5.74, 6) is -0.464. The first kappa shape index (κ1) is 17.9. The molecule has 7 nitrogen and oxygen atoms in total. The zero-order valence-electron chi connectivity index (χ0n) is 13.5. The molecular formula is C16H17ClN2O5S. The van der Waals surface area contributed by atoms with Gasteiger partial charge in [-0.3, -0.25) is 4.79 Å². The van der Waals surface area contributed by atoms with Crippen molar-refractivity contribution >= 4 is 33.2 Å². The number of aryl methyl sites for hydroxylation is 1. The topological polar surface area (TPSA) is 88.8 Å². The van der Waals surface area contributed by atoms with Crippen LogP contribution < -0.4 is 5.32 Å². The second-order valence-corrected chi connectivity index (χ2v) is 7.83. The number of amides is 1. The molecule has 1 aliphatic rings. The molecule has 1 amide bonds. The van der Waals surface area contributed by atoms with Crippen LogP contribution >= 0.6 is 11.6 Å². The van der Waals surface area contributed by atoms with Gasteiger partial charge in [-0.05, 0) is 48.4 Å². The van der Waals surface area contributed by atoms with E-state index in [9.17, 15) is 13.2 Å². The number of hydrogen-bond donors (Lipinski definition) is 1. The van der Waals surface area contributed by atoms with E-state index in [1.807, 2.05) is 0 Å². The van der Waals surface area contributed by atoms with Gasteiger partial charge in [-0.15, -0.1) is 0 Å². The summed E-state index contributed by atoms with van der Waals surface area (Å²) in [6.07, 6.45) is 0. The second kappa shape index (κ2) is 7.17. The van der Waals surface area contributed by atoms with Crippen LogP contribution in [0.15, 0.2) is 39.6 Å². The van der Waals surface area contributed by atoms with E-state index in [4.69, 9.17) is 20.8 Å². The third-order valence-corrected chi connectivity index (χ3v) is 6.07. The minimum absolute atomic E-state index is 0.0446. The first-order valence-corrected chi connectivity index (χ1v) is 9.45. The minimum Gasteiger partial charge on any atom is -0.440 e. The van der Waals surface area contributed by atoms with E-state index in [-0.39, 0.29) is 15.9 Å². The fourth-order valence-corrected chi connectivity index (χ4v) is 4.32. The number of nitrogens with one attached hydrogen (secondary N) is 1. The van der Waals surface area contributed by atoms with Crippen molar-refractivity contribution in [1.82, 2.24) is 4.31 Å². The van der Waals surface area contributed by atoms with Gasteiger partial charge in [-0.1, -0.05) is 6.07 Å². The molecule has 1 aromatic heterocycles. The van der Waals surface area contributed by atoms with Gasteiger partial charge in [-0.2, -0.15) is 4.31 Å². The Morgan fingerprint density at radius 3 is 2.56 bits per heavy atom. The Hall–Kier alpha value is -1.87. The van der Waals surface area contributed by atoms with Crippen molar-refractivity contribution in [3.05, 3.63) is 46.9 Å². The molecule has 0 radical (unpaired) electrons. The zero-order chi connectivity index (χ0) is 18.0. The maximum Gasteiger partial charge on any atom is 0.291 e. The van der Waals surface area contributed by atoms with E-state index in [2.05, 4.69) is 5.32 Å². The highest BCUT2D eigenvalue weighted by atomic mass is 35.5. The first-order valence-electron chi connectivity index (χ1n) is 7.63. The van der Waals surface area contributed by atoms with Crippen molar-refractivity contribution < 1.29 is 22.4 Å². The van der Waals surface area contributed by atoms with E-state index in [1.54, 1.807) is 19.1 Å².